The summed E-state index contributed by atoms with van der Waals surface area (Å²) >= 11 is 1.39. The molecule has 0 spiro atoms. The van der Waals surface area contributed by atoms with Gasteiger partial charge in [-0.2, -0.15) is 0 Å². The van der Waals surface area contributed by atoms with E-state index in [4.69, 9.17) is 4.74 Å². The van der Waals surface area contributed by atoms with Crippen LogP contribution in [0.2, 0.25) is 0 Å². The van der Waals surface area contributed by atoms with Crippen molar-refractivity contribution in [2.24, 2.45) is 0 Å². The van der Waals surface area contributed by atoms with Crippen molar-refractivity contribution in [3.05, 3.63) is 59.4 Å². The van der Waals surface area contributed by atoms with Gasteiger partial charge in [0.05, 0.1) is 34.8 Å². The van der Waals surface area contributed by atoms with E-state index in [-0.39, 0.29) is 5.97 Å². The predicted octanol–water partition coefficient (Wildman–Crippen LogP) is 3.69. The number of methoxy groups -OCH3 is 1. The fourth-order valence-electron chi connectivity index (χ4n) is 2.71. The zero-order valence-electron chi connectivity index (χ0n) is 14.1. The maximum Gasteiger partial charge on any atom is 0.338 e. The molecule has 4 aromatic rings. The first-order valence-electron chi connectivity index (χ1n) is 7.86. The highest BCUT2D eigenvalue weighted by molar-refractivity contribution is 7.14. The molecule has 7 nitrogen and oxygen atoms in total. The van der Waals surface area contributed by atoms with Crippen LogP contribution >= 0.6 is 11.3 Å². The highest BCUT2D eigenvalue weighted by Gasteiger charge is 2.14. The summed E-state index contributed by atoms with van der Waals surface area (Å²) < 4.78 is 6.72. The summed E-state index contributed by atoms with van der Waals surface area (Å²) in [4.78, 5) is 25.0. The summed E-state index contributed by atoms with van der Waals surface area (Å²) in [6, 6.07) is 9.43. The van der Waals surface area contributed by atoms with Crippen LogP contribution in [0.15, 0.2) is 48.1 Å². The monoisotopic (exact) mass is 365 g/mol. The first-order chi connectivity index (χ1) is 12.7. The number of imidazole rings is 1. The Bertz CT molecular complexity index is 1100. The summed E-state index contributed by atoms with van der Waals surface area (Å²) in [5.74, 6) is 0.0800. The quantitative estimate of drug-likeness (QED) is 0.556. The van der Waals surface area contributed by atoms with Crippen molar-refractivity contribution >= 4 is 33.9 Å². The molecule has 0 amide bonds. The van der Waals surface area contributed by atoms with Gasteiger partial charge in [0.25, 0.3) is 0 Å². The molecule has 0 aliphatic rings. The summed E-state index contributed by atoms with van der Waals surface area (Å²) in [6.45, 7) is 1.96. The van der Waals surface area contributed by atoms with Crippen molar-refractivity contribution in [2.45, 2.75) is 6.92 Å². The summed E-state index contributed by atoms with van der Waals surface area (Å²) in [5, 5.41) is 5.62. The van der Waals surface area contributed by atoms with Crippen LogP contribution in [-0.4, -0.2) is 32.4 Å². The first-order valence-corrected chi connectivity index (χ1v) is 8.74. The second-order valence-corrected chi connectivity index (χ2v) is 6.47. The van der Waals surface area contributed by atoms with Crippen LogP contribution in [-0.2, 0) is 4.74 Å². The Balaban J connectivity index is 1.67. The zero-order chi connectivity index (χ0) is 18.1. The molecule has 0 unspecified atom stereocenters. The van der Waals surface area contributed by atoms with Crippen LogP contribution in [0, 0.1) is 6.92 Å². The number of esters is 1. The highest BCUT2D eigenvalue weighted by atomic mass is 32.1. The molecular weight excluding hydrogens is 350 g/mol. The van der Waals surface area contributed by atoms with Gasteiger partial charge in [-0.25, -0.2) is 19.7 Å². The summed E-state index contributed by atoms with van der Waals surface area (Å²) in [5.41, 5.74) is 3.95. The highest BCUT2D eigenvalue weighted by Crippen LogP contribution is 2.26. The second kappa shape index (κ2) is 6.57. The molecule has 0 fully saturated rings. The Hall–Kier alpha value is -3.26. The van der Waals surface area contributed by atoms with E-state index in [1.807, 2.05) is 41.8 Å². The largest absolute Gasteiger partial charge is 0.465 e. The van der Waals surface area contributed by atoms with Gasteiger partial charge in [-0.1, -0.05) is 6.07 Å². The van der Waals surface area contributed by atoms with E-state index in [0.717, 1.165) is 27.7 Å². The Morgan fingerprint density at radius 1 is 1.27 bits per heavy atom. The molecular formula is C18H15N5O2S. The van der Waals surface area contributed by atoms with Crippen molar-refractivity contribution in [3.8, 4) is 11.4 Å². The minimum Gasteiger partial charge on any atom is -0.465 e. The van der Waals surface area contributed by atoms with Gasteiger partial charge in [0, 0.05) is 17.8 Å². The lowest BCUT2D eigenvalue weighted by molar-refractivity contribution is 0.0601. The number of carbonyl (C=O) groups excluding carboxylic acids is 1. The van der Waals surface area contributed by atoms with Gasteiger partial charge in [-0.3, -0.25) is 4.40 Å². The number of aromatic nitrogens is 4. The van der Waals surface area contributed by atoms with E-state index >= 15 is 0 Å². The van der Waals surface area contributed by atoms with E-state index in [0.29, 0.717) is 11.5 Å². The van der Waals surface area contributed by atoms with Gasteiger partial charge < -0.3 is 10.1 Å². The van der Waals surface area contributed by atoms with Crippen LogP contribution in [0.5, 0.6) is 0 Å². The van der Waals surface area contributed by atoms with Gasteiger partial charge in [0.1, 0.15) is 5.65 Å². The Labute approximate surface area is 153 Å². The number of carbonyl (C=O) groups is 1. The number of fused-ring (bicyclic) bond motifs is 1. The smallest absolute Gasteiger partial charge is 0.338 e. The number of ether oxygens (including phenoxy) is 1. The molecule has 0 atom stereocenters. The number of aryl methyl sites for hydroxylation is 1. The van der Waals surface area contributed by atoms with Gasteiger partial charge in [0.15, 0.2) is 0 Å². The lowest BCUT2D eigenvalue weighted by atomic mass is 10.2. The van der Waals surface area contributed by atoms with Gasteiger partial charge >= 0.3 is 5.97 Å². The third-order valence-electron chi connectivity index (χ3n) is 3.86. The maximum atomic E-state index is 11.6. The molecule has 26 heavy (non-hydrogen) atoms. The first kappa shape index (κ1) is 16.2. The predicted molar refractivity (Wildman–Crippen MR) is 99.9 cm³/mol. The number of hydrogen-bond acceptors (Lipinski definition) is 7. The molecule has 8 heteroatoms. The fourth-order valence-corrected chi connectivity index (χ4v) is 3.47. The molecule has 0 bridgehead atoms. The van der Waals surface area contributed by atoms with Gasteiger partial charge in [0.2, 0.25) is 5.95 Å². The van der Waals surface area contributed by atoms with Gasteiger partial charge in [-0.15, -0.1) is 11.3 Å². The van der Waals surface area contributed by atoms with E-state index in [1.54, 1.807) is 17.6 Å². The number of thiophene rings is 1. The number of nitrogens with zero attached hydrogens (tertiary/aromatic N) is 4. The van der Waals surface area contributed by atoms with E-state index in [1.165, 1.54) is 18.4 Å². The zero-order valence-corrected chi connectivity index (χ0v) is 14.9. The number of anilines is 2. The van der Waals surface area contributed by atoms with E-state index in [2.05, 4.69) is 20.3 Å². The number of nitrogens with one attached hydrogen (secondary N) is 1. The van der Waals surface area contributed by atoms with Crippen molar-refractivity contribution < 1.29 is 9.53 Å². The number of rotatable bonds is 4. The second-order valence-electron chi connectivity index (χ2n) is 5.56. The third-order valence-corrected chi connectivity index (χ3v) is 4.70. The standard InChI is InChI=1S/C18H15N5O2S/c1-11-16(23-8-4-3-5-14(23)20-11)13-6-7-19-18(21-13)22-15-9-12(10-26-15)17(24)25-2/h3-10H,1-2H3,(H,19,21,22). The maximum absolute atomic E-state index is 11.6. The molecule has 1 N–H and O–H groups in total. The summed E-state index contributed by atoms with van der Waals surface area (Å²) in [6.07, 6.45) is 3.66. The van der Waals surface area contributed by atoms with Crippen molar-refractivity contribution in [1.29, 1.82) is 0 Å². The molecule has 0 saturated heterocycles. The van der Waals surface area contributed by atoms with Gasteiger partial charge in [-0.05, 0) is 31.2 Å². The molecule has 130 valence electrons. The number of hydrogen-bond donors (Lipinski definition) is 1. The summed E-state index contributed by atoms with van der Waals surface area (Å²) in [7, 11) is 1.36. The van der Waals surface area contributed by atoms with E-state index in [9.17, 15) is 4.79 Å². The lowest BCUT2D eigenvalue weighted by Gasteiger charge is -2.06. The fraction of sp³-hybridized carbons (Fsp3) is 0.111. The van der Waals surface area contributed by atoms with E-state index < -0.39 is 0 Å². The number of pyridine rings is 1. The topological polar surface area (TPSA) is 81.4 Å². The van der Waals surface area contributed by atoms with Crippen LogP contribution in [0.25, 0.3) is 17.0 Å². The SMILES string of the molecule is COC(=O)c1csc(Nc2nccc(-c3c(C)nc4ccccn34)n2)c1. The third kappa shape index (κ3) is 2.91. The van der Waals surface area contributed by atoms with Crippen LogP contribution in [0.1, 0.15) is 16.1 Å². The average molecular weight is 365 g/mol. The minimum absolute atomic E-state index is 0.370. The average Bonchev–Trinajstić information content (AvgIpc) is 3.24. The van der Waals surface area contributed by atoms with Crippen LogP contribution < -0.4 is 5.32 Å². The van der Waals surface area contributed by atoms with Crippen molar-refractivity contribution in [3.63, 3.8) is 0 Å². The van der Waals surface area contributed by atoms with Crippen molar-refractivity contribution in [1.82, 2.24) is 19.4 Å². The Kier molecular flexibility index (Phi) is 4.10. The van der Waals surface area contributed by atoms with Crippen molar-refractivity contribution in [2.75, 3.05) is 12.4 Å². The molecule has 4 rings (SSSR count). The molecule has 0 aliphatic carbocycles. The molecule has 4 heterocycles. The Morgan fingerprint density at radius 2 is 2.15 bits per heavy atom. The molecule has 0 radical (unpaired) electrons. The molecule has 4 aromatic heterocycles. The lowest BCUT2D eigenvalue weighted by Crippen LogP contribution is -2.00. The molecule has 0 saturated carbocycles. The molecule has 0 aliphatic heterocycles. The Morgan fingerprint density at radius 3 is 3.00 bits per heavy atom. The molecule has 0 aromatic carbocycles. The van der Waals surface area contributed by atoms with Crippen LogP contribution in [0.3, 0.4) is 0 Å². The minimum atomic E-state index is -0.370. The normalized spacial score (nSPS) is 10.8. The van der Waals surface area contributed by atoms with Crippen LogP contribution in [0.4, 0.5) is 10.9 Å².